The van der Waals surface area contributed by atoms with Crippen molar-refractivity contribution in [3.05, 3.63) is 108 Å². The molecule has 0 amide bonds. The van der Waals surface area contributed by atoms with Crippen molar-refractivity contribution in [3.8, 4) is 17.0 Å². The molecule has 0 spiro atoms. The molecule has 0 aliphatic carbocycles. The molecule has 0 atom stereocenters. The summed E-state index contributed by atoms with van der Waals surface area (Å²) in [4.78, 5) is 21.9. The lowest BCUT2D eigenvalue weighted by atomic mass is 10.0. The molecule has 5 aromatic rings. The Balaban J connectivity index is 1.48. The van der Waals surface area contributed by atoms with Crippen LogP contribution >= 0.6 is 0 Å². The first-order valence-electron chi connectivity index (χ1n) is 10.1. The lowest BCUT2D eigenvalue weighted by Crippen LogP contribution is -2.10. The first kappa shape index (κ1) is 20.4. The van der Waals surface area contributed by atoms with Crippen molar-refractivity contribution in [2.24, 2.45) is 0 Å². The average Bonchev–Trinajstić information content (AvgIpc) is 3.38. The Morgan fingerprint density at radius 1 is 0.970 bits per heavy atom. The predicted molar refractivity (Wildman–Crippen MR) is 118 cm³/mol. The van der Waals surface area contributed by atoms with Crippen LogP contribution in [0.1, 0.15) is 21.5 Å². The molecule has 0 bridgehead atoms. The van der Waals surface area contributed by atoms with E-state index in [0.717, 1.165) is 17.2 Å². The van der Waals surface area contributed by atoms with E-state index < -0.39 is 23.0 Å². The number of halogens is 2. The number of aromatic nitrogens is 4. The molecule has 1 N–H and O–H groups in total. The molecule has 0 aliphatic heterocycles. The highest BCUT2D eigenvalue weighted by atomic mass is 19.1. The van der Waals surface area contributed by atoms with E-state index in [1.165, 1.54) is 18.2 Å². The molecule has 0 unspecified atom stereocenters. The first-order chi connectivity index (χ1) is 16.1. The summed E-state index contributed by atoms with van der Waals surface area (Å²) in [5.41, 5.74) is 2.45. The number of aromatic amines is 1. The Morgan fingerprint density at radius 3 is 2.61 bits per heavy atom. The van der Waals surface area contributed by atoms with Gasteiger partial charge in [0.05, 0.1) is 34.7 Å². The highest BCUT2D eigenvalue weighted by Gasteiger charge is 2.23. The van der Waals surface area contributed by atoms with E-state index in [2.05, 4.69) is 20.2 Å². The number of hydrogen-bond acceptors (Lipinski definition) is 5. The summed E-state index contributed by atoms with van der Waals surface area (Å²) < 4.78 is 35.2. The summed E-state index contributed by atoms with van der Waals surface area (Å²) in [5.74, 6) is -3.03. The van der Waals surface area contributed by atoms with E-state index in [4.69, 9.17) is 4.74 Å². The zero-order valence-corrected chi connectivity index (χ0v) is 17.1. The van der Waals surface area contributed by atoms with Gasteiger partial charge in [-0.05, 0) is 35.9 Å². The molecule has 5 rings (SSSR count). The minimum absolute atomic E-state index is 0.0825. The van der Waals surface area contributed by atoms with Crippen LogP contribution in [0.25, 0.3) is 22.3 Å². The summed E-state index contributed by atoms with van der Waals surface area (Å²) in [6, 6.07) is 15.9. The number of ether oxygens (including phenoxy) is 1. The van der Waals surface area contributed by atoms with Crippen molar-refractivity contribution < 1.29 is 18.3 Å². The first-order valence-corrected chi connectivity index (χ1v) is 10.1. The number of rotatable bonds is 6. The molecule has 2 heterocycles. The lowest BCUT2D eigenvalue weighted by molar-refractivity contribution is 0.103. The zero-order chi connectivity index (χ0) is 22.8. The number of nitrogens with zero attached hydrogens (tertiary/aromatic N) is 3. The van der Waals surface area contributed by atoms with E-state index in [1.54, 1.807) is 24.7 Å². The maximum atomic E-state index is 15.1. The summed E-state index contributed by atoms with van der Waals surface area (Å²) in [6.07, 6.45) is 4.84. The number of fused-ring (bicyclic) bond motifs is 1. The van der Waals surface area contributed by atoms with Gasteiger partial charge in [-0.2, -0.15) is 5.10 Å². The van der Waals surface area contributed by atoms with Gasteiger partial charge in [-0.1, -0.05) is 30.3 Å². The van der Waals surface area contributed by atoms with Crippen LogP contribution in [-0.2, 0) is 6.61 Å². The molecule has 33 heavy (non-hydrogen) atoms. The van der Waals surface area contributed by atoms with Crippen LogP contribution in [0.2, 0.25) is 0 Å². The van der Waals surface area contributed by atoms with Crippen LogP contribution in [0.4, 0.5) is 8.78 Å². The smallest absolute Gasteiger partial charge is 0.199 e. The lowest BCUT2D eigenvalue weighted by Gasteiger charge is -2.11. The van der Waals surface area contributed by atoms with Crippen molar-refractivity contribution in [2.75, 3.05) is 0 Å². The number of carbonyl (C=O) groups excluding carboxylic acids is 1. The molecule has 6 nitrogen and oxygen atoms in total. The van der Waals surface area contributed by atoms with Crippen molar-refractivity contribution in [2.45, 2.75) is 6.61 Å². The number of benzene rings is 3. The third-order valence-electron chi connectivity index (χ3n) is 5.12. The van der Waals surface area contributed by atoms with Crippen molar-refractivity contribution in [1.82, 2.24) is 20.2 Å². The van der Waals surface area contributed by atoms with Gasteiger partial charge in [-0.3, -0.25) is 14.9 Å². The summed E-state index contributed by atoms with van der Waals surface area (Å²) in [6.45, 7) is 0.0827. The SMILES string of the molecule is O=C(c1ccc2ncc(-c3cn[nH]c3)nc2c1)c1c(F)ccc(OCc2ccccc2)c1F. The van der Waals surface area contributed by atoms with Gasteiger partial charge in [-0.25, -0.2) is 13.8 Å². The van der Waals surface area contributed by atoms with E-state index in [9.17, 15) is 9.18 Å². The second kappa shape index (κ2) is 8.58. The standard InChI is InChI=1S/C25H16F2N4O2/c26-18-7-9-22(33-14-15-4-2-1-3-5-15)24(27)23(18)25(32)16-6-8-19-20(10-16)31-21(13-28-19)17-11-29-30-12-17/h1-13H,14H2,(H,29,30). The van der Waals surface area contributed by atoms with Crippen LogP contribution in [0.3, 0.4) is 0 Å². The molecule has 8 heteroatoms. The number of hydrogen-bond donors (Lipinski definition) is 1. The van der Waals surface area contributed by atoms with Crippen LogP contribution in [0, 0.1) is 11.6 Å². The van der Waals surface area contributed by atoms with Gasteiger partial charge in [0.1, 0.15) is 12.4 Å². The molecule has 3 aromatic carbocycles. The van der Waals surface area contributed by atoms with Gasteiger partial charge in [-0.15, -0.1) is 0 Å². The maximum Gasteiger partial charge on any atom is 0.199 e. The molecule has 0 saturated carbocycles. The number of ketones is 1. The minimum atomic E-state index is -1.05. The van der Waals surface area contributed by atoms with Crippen molar-refractivity contribution >= 4 is 16.8 Å². The van der Waals surface area contributed by atoms with Crippen molar-refractivity contribution in [1.29, 1.82) is 0 Å². The van der Waals surface area contributed by atoms with Gasteiger partial charge in [0.15, 0.2) is 17.3 Å². The van der Waals surface area contributed by atoms with Gasteiger partial charge < -0.3 is 4.74 Å². The third-order valence-corrected chi connectivity index (χ3v) is 5.12. The Hall–Kier alpha value is -4.46. The minimum Gasteiger partial charge on any atom is -0.486 e. The molecule has 0 fully saturated rings. The molecule has 2 aromatic heterocycles. The number of nitrogens with one attached hydrogen (secondary N) is 1. The van der Waals surface area contributed by atoms with E-state index in [1.807, 2.05) is 30.3 Å². The zero-order valence-electron chi connectivity index (χ0n) is 17.1. The van der Waals surface area contributed by atoms with Gasteiger partial charge in [0.2, 0.25) is 0 Å². The Bertz CT molecular complexity index is 1450. The second-order valence-electron chi connectivity index (χ2n) is 7.28. The highest BCUT2D eigenvalue weighted by molar-refractivity contribution is 6.10. The number of H-pyrrole nitrogens is 1. The highest BCUT2D eigenvalue weighted by Crippen LogP contribution is 2.27. The topological polar surface area (TPSA) is 80.8 Å². The fraction of sp³-hybridized carbons (Fsp3) is 0.0400. The van der Waals surface area contributed by atoms with Gasteiger partial charge >= 0.3 is 0 Å². The quantitative estimate of drug-likeness (QED) is 0.370. The summed E-state index contributed by atoms with van der Waals surface area (Å²) in [5, 5.41) is 6.58. The van der Waals surface area contributed by atoms with E-state index >= 15 is 4.39 Å². The second-order valence-corrected chi connectivity index (χ2v) is 7.28. The van der Waals surface area contributed by atoms with Crippen LogP contribution in [0.5, 0.6) is 5.75 Å². The molecule has 162 valence electrons. The van der Waals surface area contributed by atoms with Crippen LogP contribution < -0.4 is 4.74 Å². The molecular formula is C25H16F2N4O2. The van der Waals surface area contributed by atoms with E-state index in [-0.39, 0.29) is 17.9 Å². The summed E-state index contributed by atoms with van der Waals surface area (Å²) in [7, 11) is 0. The predicted octanol–water partition coefficient (Wildman–Crippen LogP) is 5.11. The van der Waals surface area contributed by atoms with Gasteiger partial charge in [0, 0.05) is 17.3 Å². The normalized spacial score (nSPS) is 11.0. The Labute approximate surface area is 186 Å². The molecule has 0 saturated heterocycles. The fourth-order valence-corrected chi connectivity index (χ4v) is 3.42. The summed E-state index contributed by atoms with van der Waals surface area (Å²) >= 11 is 0. The molecule has 0 radical (unpaired) electrons. The average molecular weight is 442 g/mol. The van der Waals surface area contributed by atoms with E-state index in [0.29, 0.717) is 16.7 Å². The van der Waals surface area contributed by atoms with Gasteiger partial charge in [0.25, 0.3) is 0 Å². The maximum absolute atomic E-state index is 15.1. The van der Waals surface area contributed by atoms with Crippen LogP contribution in [-0.4, -0.2) is 25.9 Å². The Morgan fingerprint density at radius 2 is 1.82 bits per heavy atom. The fourth-order valence-electron chi connectivity index (χ4n) is 3.42. The molecule has 0 aliphatic rings. The monoisotopic (exact) mass is 442 g/mol. The Kier molecular flexibility index (Phi) is 5.32. The third kappa shape index (κ3) is 4.06. The van der Waals surface area contributed by atoms with Crippen molar-refractivity contribution in [3.63, 3.8) is 0 Å². The molecular weight excluding hydrogens is 426 g/mol. The largest absolute Gasteiger partial charge is 0.486 e. The van der Waals surface area contributed by atoms with Crippen LogP contribution in [0.15, 0.2) is 79.3 Å². The number of carbonyl (C=O) groups is 1.